The fraction of sp³-hybridized carbons (Fsp3) is 1.00. The molecule has 16 atom stereocenters. The summed E-state index contributed by atoms with van der Waals surface area (Å²) in [6.07, 6.45) is -3.70. The van der Waals surface area contributed by atoms with Gasteiger partial charge in [0.1, 0.15) is 68.0 Å². The number of phosphoric acid groups is 1. The van der Waals surface area contributed by atoms with E-state index >= 15 is 0 Å². The molecule has 24 heteroatoms. The van der Waals surface area contributed by atoms with Crippen molar-refractivity contribution in [3.05, 3.63) is 0 Å². The summed E-state index contributed by atoms with van der Waals surface area (Å²) in [4.78, 5) is 23.7. The van der Waals surface area contributed by atoms with E-state index in [1.54, 1.807) is 13.8 Å². The topological polar surface area (TPSA) is 202 Å². The first-order chi connectivity index (χ1) is 26.0. The summed E-state index contributed by atoms with van der Waals surface area (Å²) in [7, 11) is 18.4. The van der Waals surface area contributed by atoms with Crippen LogP contribution in [0.15, 0.2) is 0 Å². The first kappa shape index (κ1) is 51.2. The van der Waals surface area contributed by atoms with E-state index in [2.05, 4.69) is 17.2 Å². The fourth-order valence-corrected chi connectivity index (χ4v) is 10.7. The molecule has 316 valence electrons. The van der Waals surface area contributed by atoms with Gasteiger partial charge in [0.15, 0.2) is 6.80 Å². The monoisotopic (exact) mass is 866 g/mol. The van der Waals surface area contributed by atoms with Gasteiger partial charge in [0.05, 0.1) is 63.1 Å². The highest BCUT2D eigenvalue weighted by Crippen LogP contribution is 2.57. The molecule has 0 saturated carbocycles. The number of ether oxygens (including phenoxy) is 8. The number of thiol groups is 1. The van der Waals surface area contributed by atoms with Crippen molar-refractivity contribution in [3.63, 3.8) is 0 Å². The van der Waals surface area contributed by atoms with Crippen LogP contribution in [-0.2, 0) is 60.6 Å². The van der Waals surface area contributed by atoms with E-state index in [1.165, 1.54) is 0 Å². The Morgan fingerprint density at radius 1 is 0.804 bits per heavy atom. The summed E-state index contributed by atoms with van der Waals surface area (Å²) in [5, 5.41) is 9.89. The number of aliphatic hydroxyl groups is 1. The van der Waals surface area contributed by atoms with Gasteiger partial charge in [-0.05, 0) is 68.2 Å². The molecule has 16 nitrogen and oxygen atoms in total. The predicted octanol–water partition coefficient (Wildman–Crippen LogP) is 0.880. The van der Waals surface area contributed by atoms with E-state index in [0.29, 0.717) is 24.4 Å². The number of hydrogen-bond donors (Lipinski definition) is 2. The highest BCUT2D eigenvalue weighted by atomic mass is 32.7. The molecule has 5 aliphatic rings. The van der Waals surface area contributed by atoms with Crippen LogP contribution in [0, 0.1) is 0 Å². The molecule has 0 aromatic carbocycles. The van der Waals surface area contributed by atoms with Crippen LogP contribution in [0.25, 0.3) is 0 Å². The van der Waals surface area contributed by atoms with Crippen molar-refractivity contribution in [2.24, 2.45) is 0 Å². The van der Waals surface area contributed by atoms with Crippen molar-refractivity contribution in [3.8, 4) is 0 Å². The molecular weight excluding hydrogens is 810 g/mol. The summed E-state index contributed by atoms with van der Waals surface area (Å²) in [6.45, 7) is 11.2. The van der Waals surface area contributed by atoms with E-state index in [0.717, 1.165) is 6.42 Å². The Morgan fingerprint density at radius 2 is 1.36 bits per heavy atom. The van der Waals surface area contributed by atoms with Gasteiger partial charge in [-0.1, -0.05) is 11.4 Å². The normalized spacial score (nSPS) is 40.7. The van der Waals surface area contributed by atoms with Crippen molar-refractivity contribution in [1.82, 2.24) is 0 Å². The minimum Gasteiger partial charge on any atom is -0.770 e. The van der Waals surface area contributed by atoms with Gasteiger partial charge < -0.3 is 66.4 Å². The minimum atomic E-state index is -4.29. The van der Waals surface area contributed by atoms with Gasteiger partial charge in [-0.15, -0.1) is 0 Å². The SMILES string of the molecule is [B][C@@H]1O[C@@H]2COP(=O)([O-])OC1C2OC(C)C.[B][C@@H]1O[C@H](COP(=O)([O-])SC2C[C@H]([B])O[C@@H]2COC(C)C)C(OC(C)C)C1O.[B][C@H]1CC(S)[C@@H](COC(C)C)O1. The van der Waals surface area contributed by atoms with Crippen LogP contribution in [-0.4, -0.2) is 171 Å². The third-order valence-corrected chi connectivity index (χ3v) is 13.5. The second-order valence-electron chi connectivity index (χ2n) is 15.0. The van der Waals surface area contributed by atoms with Crippen LogP contribution in [0.2, 0.25) is 0 Å². The third-order valence-electron chi connectivity index (χ3n) is 8.55. The summed E-state index contributed by atoms with van der Waals surface area (Å²) < 4.78 is 82.1. The van der Waals surface area contributed by atoms with Gasteiger partial charge in [0, 0.05) is 34.5 Å². The Kier molecular flexibility index (Phi) is 21.3. The first-order valence-electron chi connectivity index (χ1n) is 18.8. The molecule has 0 aromatic rings. The van der Waals surface area contributed by atoms with Crippen molar-refractivity contribution < 1.29 is 75.5 Å². The van der Waals surface area contributed by atoms with Gasteiger partial charge in [-0.3, -0.25) is 9.13 Å². The summed E-state index contributed by atoms with van der Waals surface area (Å²) in [5.74, 6) is 0. The number of hydrogen-bond acceptors (Lipinski definition) is 18. The van der Waals surface area contributed by atoms with Crippen LogP contribution in [0.3, 0.4) is 0 Å². The number of aliphatic hydroxyl groups excluding tert-OH is 1. The Bertz CT molecular complexity index is 1270. The van der Waals surface area contributed by atoms with Gasteiger partial charge in [-0.2, -0.15) is 12.6 Å². The highest BCUT2D eigenvalue weighted by Gasteiger charge is 2.49. The predicted molar refractivity (Wildman–Crippen MR) is 211 cm³/mol. The molecule has 0 spiro atoms. The summed E-state index contributed by atoms with van der Waals surface area (Å²) >= 11 is 5.04. The van der Waals surface area contributed by atoms with E-state index in [1.807, 2.05) is 41.5 Å². The molecule has 5 rings (SSSR count). The molecule has 0 amide bonds. The van der Waals surface area contributed by atoms with E-state index in [-0.39, 0.29) is 61.6 Å². The number of rotatable bonds is 15. The Morgan fingerprint density at radius 3 is 1.91 bits per heavy atom. The van der Waals surface area contributed by atoms with Crippen molar-refractivity contribution in [1.29, 1.82) is 0 Å². The molecule has 8 radical (unpaired) electrons. The third kappa shape index (κ3) is 17.0. The average molecular weight is 866 g/mol. The van der Waals surface area contributed by atoms with Crippen LogP contribution in [0.5, 0.6) is 0 Å². The van der Waals surface area contributed by atoms with E-state index < -0.39 is 80.6 Å². The van der Waals surface area contributed by atoms with E-state index in [4.69, 9.17) is 78.3 Å². The molecule has 8 unspecified atom stereocenters. The molecular formula is C32H56B4O16P2S2-2. The van der Waals surface area contributed by atoms with Gasteiger partial charge in [-0.25, -0.2) is 0 Å². The standard InChI is InChI=1S/C16H29B2O8PS.C8H14BO6P.C8H15BO2S/c1-8(2)22-6-10-12(5-13(17)25-10)28-27(20,21)23-7-11-15(24-9(3)4)14(19)16(18)26-11;1-4(2)13-6-5-3-12-16(10,11)15-7(6)8(9)14-5;1-5(2)10-4-6-7(12)3-8(9)11-6/h8-16,19H,5-7H2,1-4H3,(H,20,21);4-8H,3H2,1-2H3,(H,10,11);5-8,12H,3-4H2,1-2H3/p-2/t10-,11-,12?,13-,14?,15?,16-;5-,6?,7?,8-;6-,7?,8-/m111/s1. The molecule has 0 aliphatic carbocycles. The fourth-order valence-electron chi connectivity index (χ4n) is 6.07. The molecule has 5 saturated heterocycles. The zero-order chi connectivity index (χ0) is 42.1. The van der Waals surface area contributed by atoms with Gasteiger partial charge in [0.25, 0.3) is 7.82 Å². The molecule has 5 heterocycles. The quantitative estimate of drug-likeness (QED) is 0.133. The summed E-state index contributed by atoms with van der Waals surface area (Å²) in [5.41, 5.74) is 0. The lowest BCUT2D eigenvalue weighted by molar-refractivity contribution is -0.232. The Labute approximate surface area is 346 Å². The molecule has 5 aliphatic heterocycles. The maximum absolute atomic E-state index is 12.5. The van der Waals surface area contributed by atoms with Crippen molar-refractivity contribution in [2.75, 3.05) is 26.4 Å². The number of fused-ring (bicyclic) bond motifs is 2. The average Bonchev–Trinajstić information content (AvgIpc) is 3.74. The zero-order valence-corrected chi connectivity index (χ0v) is 36.8. The lowest BCUT2D eigenvalue weighted by Crippen LogP contribution is -2.39. The summed E-state index contributed by atoms with van der Waals surface area (Å²) in [6, 6.07) is -2.48. The lowest BCUT2D eigenvalue weighted by Gasteiger charge is -2.30. The lowest BCUT2D eigenvalue weighted by atomic mass is 9.93. The van der Waals surface area contributed by atoms with Crippen LogP contribution in [0.1, 0.15) is 68.2 Å². The molecule has 1 N–H and O–H groups in total. The van der Waals surface area contributed by atoms with Gasteiger partial charge in [0.2, 0.25) is 0 Å². The highest BCUT2D eigenvalue weighted by molar-refractivity contribution is 8.54. The van der Waals surface area contributed by atoms with Gasteiger partial charge >= 0.3 is 0 Å². The second-order valence-corrected chi connectivity index (χ2v) is 21.0. The first-order valence-corrected chi connectivity index (χ1v) is 23.8. The largest absolute Gasteiger partial charge is 0.770 e. The van der Waals surface area contributed by atoms with E-state index in [9.17, 15) is 24.0 Å². The molecule has 5 fully saturated rings. The van der Waals surface area contributed by atoms with Crippen LogP contribution in [0.4, 0.5) is 0 Å². The number of phosphoric ester groups is 1. The Balaban J connectivity index is 0.000000251. The maximum Gasteiger partial charge on any atom is 0.268 e. The minimum absolute atomic E-state index is 0.00516. The van der Waals surface area contributed by atoms with Crippen molar-refractivity contribution in [2.45, 2.75) is 176 Å². The van der Waals surface area contributed by atoms with Crippen LogP contribution >= 0.6 is 38.6 Å². The molecule has 2 bridgehead atoms. The Hall–Kier alpha value is 0.860. The van der Waals surface area contributed by atoms with Crippen LogP contribution < -0.4 is 9.79 Å². The van der Waals surface area contributed by atoms with Crippen molar-refractivity contribution >= 4 is 70.0 Å². The zero-order valence-electron chi connectivity index (χ0n) is 33.3. The molecule has 56 heavy (non-hydrogen) atoms. The molecule has 0 aromatic heterocycles. The maximum atomic E-state index is 12.5. The smallest absolute Gasteiger partial charge is 0.268 e. The second kappa shape index (κ2) is 23.3.